The zero-order chi connectivity index (χ0) is 18.2. The number of carbonyl (C=O) groups is 1. The Balaban J connectivity index is 2.08. The molecular weight excluding hydrogens is 362 g/mol. The van der Waals surface area contributed by atoms with Crippen molar-refractivity contribution < 1.29 is 13.6 Å². The molecule has 2 aromatic carbocycles. The van der Waals surface area contributed by atoms with E-state index in [4.69, 9.17) is 0 Å². The Hall–Kier alpha value is -2.30. The first kappa shape index (κ1) is 19.0. The monoisotopic (exact) mass is 376 g/mol. The number of carbonyl (C=O) groups excluding carboxylic acids is 1. The van der Waals surface area contributed by atoms with Crippen molar-refractivity contribution in [2.45, 2.75) is 15.5 Å². The van der Waals surface area contributed by atoms with Crippen LogP contribution in [0.4, 0.5) is 14.5 Å². The number of hydrogen-bond donors (Lipinski definition) is 1. The van der Waals surface area contributed by atoms with E-state index in [0.717, 1.165) is 10.5 Å². The minimum atomic E-state index is -2.49. The van der Waals surface area contributed by atoms with Gasteiger partial charge in [-0.05, 0) is 54.3 Å². The summed E-state index contributed by atoms with van der Waals surface area (Å²) in [4.78, 5) is 13.7. The van der Waals surface area contributed by atoms with Gasteiger partial charge in [0.15, 0.2) is 0 Å². The summed E-state index contributed by atoms with van der Waals surface area (Å²) in [7, 11) is 0. The molecule has 0 heterocycles. The molecule has 0 bridgehead atoms. The van der Waals surface area contributed by atoms with Crippen LogP contribution in [-0.2, 0) is 4.79 Å². The van der Waals surface area contributed by atoms with Gasteiger partial charge in [0.1, 0.15) is 11.6 Å². The average Bonchev–Trinajstić information content (AvgIpc) is 2.61. The molecule has 0 atom stereocenters. The molecule has 7 heteroatoms. The molecule has 0 unspecified atom stereocenters. The lowest BCUT2D eigenvalue weighted by Crippen LogP contribution is -2.13. The van der Waals surface area contributed by atoms with Crippen molar-refractivity contribution in [1.29, 1.82) is 5.26 Å². The van der Waals surface area contributed by atoms with Gasteiger partial charge in [0, 0.05) is 15.5 Å². The Morgan fingerprint density at radius 2 is 1.72 bits per heavy atom. The van der Waals surface area contributed by atoms with E-state index in [-0.39, 0.29) is 5.57 Å². The highest BCUT2D eigenvalue weighted by molar-refractivity contribution is 7.99. The number of benzene rings is 2. The van der Waals surface area contributed by atoms with Gasteiger partial charge in [0.25, 0.3) is 11.7 Å². The second kappa shape index (κ2) is 9.25. The van der Waals surface area contributed by atoms with E-state index in [1.165, 1.54) is 30.3 Å². The summed E-state index contributed by atoms with van der Waals surface area (Å²) in [5.41, 5.74) is 1.14. The Morgan fingerprint density at radius 1 is 1.12 bits per heavy atom. The molecule has 3 nitrogen and oxygen atoms in total. The molecule has 0 saturated heterocycles. The lowest BCUT2D eigenvalue weighted by atomic mass is 10.1. The van der Waals surface area contributed by atoms with Gasteiger partial charge in [0.05, 0.1) is 0 Å². The fourth-order valence-electron chi connectivity index (χ4n) is 1.93. The van der Waals surface area contributed by atoms with Crippen molar-refractivity contribution in [3.8, 4) is 6.07 Å². The predicted octanol–water partition coefficient (Wildman–Crippen LogP) is 5.27. The SMILES string of the molecule is CSc1ccc(/C=C(\C#N)C(=O)Nc2ccc(SC(F)F)cc2)cc1. The van der Waals surface area contributed by atoms with Crippen LogP contribution in [0.5, 0.6) is 0 Å². The van der Waals surface area contributed by atoms with E-state index < -0.39 is 11.7 Å². The maximum Gasteiger partial charge on any atom is 0.288 e. The van der Waals surface area contributed by atoms with Gasteiger partial charge in [-0.3, -0.25) is 4.79 Å². The molecule has 1 N–H and O–H groups in total. The first-order valence-electron chi connectivity index (χ1n) is 7.14. The molecule has 0 fully saturated rings. The molecule has 0 spiro atoms. The number of nitrogens with zero attached hydrogens (tertiary/aromatic N) is 1. The van der Waals surface area contributed by atoms with Crippen LogP contribution in [0.2, 0.25) is 0 Å². The number of thioether (sulfide) groups is 2. The quantitative estimate of drug-likeness (QED) is 0.424. The van der Waals surface area contributed by atoms with E-state index in [2.05, 4.69) is 5.32 Å². The number of nitrogens with one attached hydrogen (secondary N) is 1. The fourth-order valence-corrected chi connectivity index (χ4v) is 2.84. The third-order valence-corrected chi connectivity index (χ3v) is 4.60. The van der Waals surface area contributed by atoms with Crippen LogP contribution >= 0.6 is 23.5 Å². The van der Waals surface area contributed by atoms with Crippen molar-refractivity contribution in [2.24, 2.45) is 0 Å². The van der Waals surface area contributed by atoms with Gasteiger partial charge in [-0.1, -0.05) is 23.9 Å². The zero-order valence-corrected chi connectivity index (χ0v) is 14.8. The summed E-state index contributed by atoms with van der Waals surface area (Å²) in [6.45, 7) is 0. The highest BCUT2D eigenvalue weighted by Crippen LogP contribution is 2.26. The van der Waals surface area contributed by atoms with Gasteiger partial charge < -0.3 is 5.32 Å². The van der Waals surface area contributed by atoms with Gasteiger partial charge >= 0.3 is 0 Å². The Morgan fingerprint density at radius 3 is 2.24 bits per heavy atom. The Kier molecular flexibility index (Phi) is 7.04. The van der Waals surface area contributed by atoms with Gasteiger partial charge in [0.2, 0.25) is 0 Å². The summed E-state index contributed by atoms with van der Waals surface area (Å²) in [6, 6.07) is 15.4. The van der Waals surface area contributed by atoms with Crippen LogP contribution in [0.25, 0.3) is 6.08 Å². The van der Waals surface area contributed by atoms with E-state index in [1.54, 1.807) is 11.8 Å². The average molecular weight is 376 g/mol. The van der Waals surface area contributed by atoms with Crippen molar-refractivity contribution in [2.75, 3.05) is 11.6 Å². The smallest absolute Gasteiger partial charge is 0.288 e. The molecule has 128 valence electrons. The molecular formula is C18H14F2N2OS2. The minimum absolute atomic E-state index is 0.0390. The number of alkyl halides is 2. The maximum absolute atomic E-state index is 12.3. The minimum Gasteiger partial charge on any atom is -0.321 e. The second-order valence-corrected chi connectivity index (χ2v) is 6.74. The molecule has 2 aromatic rings. The van der Waals surface area contributed by atoms with Gasteiger partial charge in [-0.25, -0.2) is 0 Å². The van der Waals surface area contributed by atoms with Crippen molar-refractivity contribution >= 4 is 41.2 Å². The van der Waals surface area contributed by atoms with Crippen molar-refractivity contribution in [3.63, 3.8) is 0 Å². The summed E-state index contributed by atoms with van der Waals surface area (Å²) in [5.74, 6) is -3.04. The number of amides is 1. The summed E-state index contributed by atoms with van der Waals surface area (Å²) >= 11 is 2.03. The molecule has 1 amide bonds. The van der Waals surface area contributed by atoms with E-state index in [1.807, 2.05) is 36.6 Å². The lowest BCUT2D eigenvalue weighted by Gasteiger charge is -2.06. The molecule has 2 rings (SSSR count). The van der Waals surface area contributed by atoms with E-state index in [9.17, 15) is 18.8 Å². The fraction of sp³-hybridized carbons (Fsp3) is 0.111. The second-order valence-electron chi connectivity index (χ2n) is 4.80. The number of hydrogen-bond acceptors (Lipinski definition) is 4. The zero-order valence-electron chi connectivity index (χ0n) is 13.2. The van der Waals surface area contributed by atoms with Crippen LogP contribution in [0.15, 0.2) is 63.9 Å². The molecule has 0 aliphatic rings. The highest BCUT2D eigenvalue weighted by Gasteiger charge is 2.10. The Bertz CT molecular complexity index is 797. The topological polar surface area (TPSA) is 52.9 Å². The van der Waals surface area contributed by atoms with Gasteiger partial charge in [-0.15, -0.1) is 11.8 Å². The Labute approximate surface area is 153 Å². The summed E-state index contributed by atoms with van der Waals surface area (Å²) < 4.78 is 24.6. The van der Waals surface area contributed by atoms with Crippen LogP contribution in [-0.4, -0.2) is 17.9 Å². The first-order valence-corrected chi connectivity index (χ1v) is 9.24. The van der Waals surface area contributed by atoms with Crippen molar-refractivity contribution in [3.05, 3.63) is 59.7 Å². The first-order chi connectivity index (χ1) is 12.0. The van der Waals surface area contributed by atoms with E-state index >= 15 is 0 Å². The molecule has 0 aliphatic carbocycles. The number of anilines is 1. The largest absolute Gasteiger partial charge is 0.321 e. The molecule has 25 heavy (non-hydrogen) atoms. The third kappa shape index (κ3) is 5.93. The molecule has 0 radical (unpaired) electrons. The number of halogens is 2. The number of nitriles is 1. The standard InChI is InChI=1S/C18H14F2N2OS2/c1-24-15-6-2-12(3-7-15)10-13(11-21)17(23)22-14-4-8-16(9-5-14)25-18(19)20/h2-10,18H,1H3,(H,22,23)/b13-10+. The van der Waals surface area contributed by atoms with Crippen LogP contribution in [0, 0.1) is 11.3 Å². The highest BCUT2D eigenvalue weighted by atomic mass is 32.2. The lowest BCUT2D eigenvalue weighted by molar-refractivity contribution is -0.112. The van der Waals surface area contributed by atoms with Gasteiger partial charge in [-0.2, -0.15) is 14.0 Å². The summed E-state index contributed by atoms with van der Waals surface area (Å²) in [6.07, 6.45) is 3.46. The number of rotatable bonds is 6. The van der Waals surface area contributed by atoms with E-state index in [0.29, 0.717) is 22.3 Å². The predicted molar refractivity (Wildman–Crippen MR) is 98.7 cm³/mol. The molecule has 0 aliphatic heterocycles. The summed E-state index contributed by atoms with van der Waals surface area (Å²) in [5, 5.41) is 11.8. The molecule has 0 saturated carbocycles. The normalized spacial score (nSPS) is 11.2. The molecule has 0 aromatic heterocycles. The third-order valence-electron chi connectivity index (χ3n) is 3.13. The van der Waals surface area contributed by atoms with Crippen LogP contribution in [0.1, 0.15) is 5.56 Å². The maximum atomic E-state index is 12.3. The van der Waals surface area contributed by atoms with Crippen LogP contribution in [0.3, 0.4) is 0 Å². The van der Waals surface area contributed by atoms with Crippen LogP contribution < -0.4 is 5.32 Å². The van der Waals surface area contributed by atoms with Crippen molar-refractivity contribution in [1.82, 2.24) is 0 Å².